The van der Waals surface area contributed by atoms with E-state index in [2.05, 4.69) is 23.3 Å². The van der Waals surface area contributed by atoms with Crippen molar-refractivity contribution in [1.82, 2.24) is 9.88 Å². The molecule has 0 aliphatic carbocycles. The number of carbonyl (C=O) groups is 1. The second kappa shape index (κ2) is 6.41. The third kappa shape index (κ3) is 3.84. The van der Waals surface area contributed by atoms with Gasteiger partial charge in [-0.1, -0.05) is 6.92 Å². The van der Waals surface area contributed by atoms with E-state index in [1.165, 1.54) is 10.5 Å². The molecule has 5 heteroatoms. The van der Waals surface area contributed by atoms with E-state index in [4.69, 9.17) is 5.11 Å². The Bertz CT molecular complexity index is 428. The summed E-state index contributed by atoms with van der Waals surface area (Å²) in [6, 6.07) is 4.10. The van der Waals surface area contributed by atoms with Gasteiger partial charge < -0.3 is 15.3 Å². The smallest absolute Gasteiger partial charge is 0.407 e. The Balaban J connectivity index is 1.78. The minimum atomic E-state index is -0.802. The predicted molar refractivity (Wildman–Crippen MR) is 74.4 cm³/mol. The molecule has 1 aromatic heterocycles. The minimum absolute atomic E-state index is 0.530. The lowest BCUT2D eigenvalue weighted by molar-refractivity contribution is 0.126. The van der Waals surface area contributed by atoms with Gasteiger partial charge in [0.1, 0.15) is 5.82 Å². The standard InChI is InChI=1S/C14H21N3O2/c1-2-11-3-6-15-13(9-11)16-10-12-4-7-17(8-5-12)14(18)19/h3,6,9,12H,2,4-5,7-8,10H2,1H3,(H,15,16)(H,18,19). The highest BCUT2D eigenvalue weighted by molar-refractivity contribution is 5.64. The lowest BCUT2D eigenvalue weighted by atomic mass is 9.97. The molecule has 0 unspecified atom stereocenters. The molecule has 0 atom stereocenters. The number of amides is 1. The summed E-state index contributed by atoms with van der Waals surface area (Å²) >= 11 is 0. The summed E-state index contributed by atoms with van der Waals surface area (Å²) in [5.74, 6) is 1.45. The van der Waals surface area contributed by atoms with Crippen molar-refractivity contribution in [3.05, 3.63) is 23.9 Å². The molecule has 1 fully saturated rings. The molecule has 2 N–H and O–H groups in total. The highest BCUT2D eigenvalue weighted by Crippen LogP contribution is 2.18. The monoisotopic (exact) mass is 263 g/mol. The van der Waals surface area contributed by atoms with E-state index in [-0.39, 0.29) is 0 Å². The van der Waals surface area contributed by atoms with Crippen LogP contribution in [0.15, 0.2) is 18.3 Å². The minimum Gasteiger partial charge on any atom is -0.465 e. The zero-order valence-electron chi connectivity index (χ0n) is 11.3. The van der Waals surface area contributed by atoms with Crippen molar-refractivity contribution in [2.45, 2.75) is 26.2 Å². The molecule has 1 aliphatic rings. The van der Waals surface area contributed by atoms with Crippen LogP contribution in [0.3, 0.4) is 0 Å². The molecular weight excluding hydrogens is 242 g/mol. The van der Waals surface area contributed by atoms with Gasteiger partial charge >= 0.3 is 6.09 Å². The molecule has 1 amide bonds. The van der Waals surface area contributed by atoms with E-state index < -0.39 is 6.09 Å². The first-order valence-electron chi connectivity index (χ1n) is 6.85. The highest BCUT2D eigenvalue weighted by atomic mass is 16.4. The van der Waals surface area contributed by atoms with E-state index in [1.807, 2.05) is 12.3 Å². The molecule has 1 saturated heterocycles. The molecule has 5 nitrogen and oxygen atoms in total. The van der Waals surface area contributed by atoms with Crippen LogP contribution in [0.2, 0.25) is 0 Å². The van der Waals surface area contributed by atoms with E-state index in [9.17, 15) is 4.79 Å². The Kier molecular flexibility index (Phi) is 4.60. The van der Waals surface area contributed by atoms with Crippen molar-refractivity contribution in [3.63, 3.8) is 0 Å². The van der Waals surface area contributed by atoms with E-state index in [1.54, 1.807) is 0 Å². The second-order valence-corrected chi connectivity index (χ2v) is 5.00. The summed E-state index contributed by atoms with van der Waals surface area (Å²) in [6.07, 6.45) is 3.88. The molecule has 2 rings (SSSR count). The Morgan fingerprint density at radius 3 is 2.89 bits per heavy atom. The maximum atomic E-state index is 10.8. The van der Waals surface area contributed by atoms with Gasteiger partial charge in [-0.25, -0.2) is 9.78 Å². The average molecular weight is 263 g/mol. The molecule has 0 radical (unpaired) electrons. The summed E-state index contributed by atoms with van der Waals surface area (Å²) in [6.45, 7) is 4.28. The van der Waals surface area contributed by atoms with E-state index in [0.29, 0.717) is 19.0 Å². The third-order valence-corrected chi connectivity index (χ3v) is 3.69. The number of carboxylic acid groups (broad SMARTS) is 1. The molecule has 1 aromatic rings. The maximum Gasteiger partial charge on any atom is 0.407 e. The van der Waals surface area contributed by atoms with Gasteiger partial charge in [0.05, 0.1) is 0 Å². The fourth-order valence-corrected chi connectivity index (χ4v) is 2.37. The van der Waals surface area contributed by atoms with Gasteiger partial charge in [0.2, 0.25) is 0 Å². The third-order valence-electron chi connectivity index (χ3n) is 3.69. The zero-order chi connectivity index (χ0) is 13.7. The molecule has 0 bridgehead atoms. The van der Waals surface area contributed by atoms with Gasteiger partial charge in [-0.05, 0) is 42.9 Å². The van der Waals surface area contributed by atoms with Crippen LogP contribution in [-0.4, -0.2) is 40.7 Å². The summed E-state index contributed by atoms with van der Waals surface area (Å²) < 4.78 is 0. The second-order valence-electron chi connectivity index (χ2n) is 5.00. The Hall–Kier alpha value is -1.78. The van der Waals surface area contributed by atoms with Crippen LogP contribution in [0, 0.1) is 5.92 Å². The Morgan fingerprint density at radius 2 is 2.26 bits per heavy atom. The molecular formula is C14H21N3O2. The van der Waals surface area contributed by atoms with Crippen molar-refractivity contribution < 1.29 is 9.90 Å². The zero-order valence-corrected chi connectivity index (χ0v) is 11.3. The SMILES string of the molecule is CCc1ccnc(NCC2CCN(C(=O)O)CC2)c1. The van der Waals surface area contributed by atoms with Gasteiger partial charge in [-0.3, -0.25) is 0 Å². The normalized spacial score (nSPS) is 16.4. The summed E-state index contributed by atoms with van der Waals surface area (Å²) in [7, 11) is 0. The average Bonchev–Trinajstić information content (AvgIpc) is 2.46. The maximum absolute atomic E-state index is 10.8. The number of rotatable bonds is 4. The number of aryl methyl sites for hydroxylation is 1. The first kappa shape index (κ1) is 13.6. The number of pyridine rings is 1. The van der Waals surface area contributed by atoms with Crippen LogP contribution >= 0.6 is 0 Å². The number of hydrogen-bond donors (Lipinski definition) is 2. The molecule has 0 saturated carbocycles. The van der Waals surface area contributed by atoms with Gasteiger partial charge in [0.25, 0.3) is 0 Å². The van der Waals surface area contributed by atoms with Crippen LogP contribution in [-0.2, 0) is 6.42 Å². The summed E-state index contributed by atoms with van der Waals surface area (Å²) in [5.41, 5.74) is 1.28. The van der Waals surface area contributed by atoms with E-state index >= 15 is 0 Å². The molecule has 104 valence electrons. The van der Waals surface area contributed by atoms with Crippen molar-refractivity contribution in [3.8, 4) is 0 Å². The van der Waals surface area contributed by atoms with Gasteiger partial charge in [-0.15, -0.1) is 0 Å². The summed E-state index contributed by atoms with van der Waals surface area (Å²) in [5, 5.41) is 12.2. The molecule has 1 aliphatic heterocycles. The number of piperidine rings is 1. The number of nitrogens with zero attached hydrogens (tertiary/aromatic N) is 2. The fourth-order valence-electron chi connectivity index (χ4n) is 2.37. The van der Waals surface area contributed by atoms with E-state index in [0.717, 1.165) is 31.6 Å². The molecule has 2 heterocycles. The lowest BCUT2D eigenvalue weighted by Crippen LogP contribution is -2.39. The van der Waals surface area contributed by atoms with Gasteiger partial charge in [0, 0.05) is 25.8 Å². The van der Waals surface area contributed by atoms with Crippen LogP contribution in [0.25, 0.3) is 0 Å². The van der Waals surface area contributed by atoms with Crippen LogP contribution in [0.4, 0.5) is 10.6 Å². The molecule has 0 aromatic carbocycles. The van der Waals surface area contributed by atoms with Crippen LogP contribution in [0.5, 0.6) is 0 Å². The quantitative estimate of drug-likeness (QED) is 0.875. The Morgan fingerprint density at radius 1 is 1.53 bits per heavy atom. The van der Waals surface area contributed by atoms with Crippen molar-refractivity contribution in [1.29, 1.82) is 0 Å². The number of anilines is 1. The lowest BCUT2D eigenvalue weighted by Gasteiger charge is -2.30. The van der Waals surface area contributed by atoms with Crippen molar-refractivity contribution in [2.24, 2.45) is 5.92 Å². The molecule has 19 heavy (non-hydrogen) atoms. The van der Waals surface area contributed by atoms with Crippen LogP contribution < -0.4 is 5.32 Å². The number of likely N-dealkylation sites (tertiary alicyclic amines) is 1. The fraction of sp³-hybridized carbons (Fsp3) is 0.571. The topological polar surface area (TPSA) is 65.5 Å². The van der Waals surface area contributed by atoms with Crippen molar-refractivity contribution >= 4 is 11.9 Å². The summed E-state index contributed by atoms with van der Waals surface area (Å²) in [4.78, 5) is 16.6. The largest absolute Gasteiger partial charge is 0.465 e. The van der Waals surface area contributed by atoms with Crippen molar-refractivity contribution in [2.75, 3.05) is 25.0 Å². The first-order chi connectivity index (χ1) is 9.19. The van der Waals surface area contributed by atoms with Gasteiger partial charge in [-0.2, -0.15) is 0 Å². The molecule has 0 spiro atoms. The Labute approximate surface area is 113 Å². The number of aromatic nitrogens is 1. The highest BCUT2D eigenvalue weighted by Gasteiger charge is 2.21. The first-order valence-corrected chi connectivity index (χ1v) is 6.85. The predicted octanol–water partition coefficient (Wildman–Crippen LogP) is 2.45. The van der Waals surface area contributed by atoms with Crippen LogP contribution in [0.1, 0.15) is 25.3 Å². The number of nitrogens with one attached hydrogen (secondary N) is 1. The number of hydrogen-bond acceptors (Lipinski definition) is 3. The van der Waals surface area contributed by atoms with Gasteiger partial charge in [0.15, 0.2) is 0 Å².